The van der Waals surface area contributed by atoms with Gasteiger partial charge in [-0.15, -0.1) is 0 Å². The molecule has 0 atom stereocenters. The first-order valence-corrected chi connectivity index (χ1v) is 7.84. The maximum Gasteiger partial charge on any atom is 0.251 e. The van der Waals surface area contributed by atoms with Gasteiger partial charge in [0.15, 0.2) is 0 Å². The van der Waals surface area contributed by atoms with E-state index in [0.29, 0.717) is 24.8 Å². The van der Waals surface area contributed by atoms with Crippen molar-refractivity contribution in [2.24, 2.45) is 5.73 Å². The van der Waals surface area contributed by atoms with Crippen LogP contribution in [0.3, 0.4) is 0 Å². The summed E-state index contributed by atoms with van der Waals surface area (Å²) in [4.78, 5) is 16.0. The Kier molecular flexibility index (Phi) is 6.63. The first-order chi connectivity index (χ1) is 10.3. The van der Waals surface area contributed by atoms with E-state index in [1.807, 2.05) is 0 Å². The third kappa shape index (κ3) is 5.44. The van der Waals surface area contributed by atoms with Crippen LogP contribution in [0, 0.1) is 0 Å². The highest BCUT2D eigenvalue weighted by Crippen LogP contribution is 2.20. The molecule has 1 aliphatic rings. The minimum atomic E-state index is -0.0789. The Balaban J connectivity index is 1.62. The van der Waals surface area contributed by atoms with Crippen molar-refractivity contribution in [1.82, 2.24) is 10.3 Å². The minimum Gasteiger partial charge on any atom is -0.378 e. The molecule has 0 bridgehead atoms. The van der Waals surface area contributed by atoms with Crippen molar-refractivity contribution in [3.05, 3.63) is 29.6 Å². The molecule has 0 aliphatic heterocycles. The van der Waals surface area contributed by atoms with E-state index in [9.17, 15) is 4.79 Å². The van der Waals surface area contributed by atoms with Crippen molar-refractivity contribution < 1.29 is 9.53 Å². The molecule has 0 unspecified atom stereocenters. The van der Waals surface area contributed by atoms with Crippen LogP contribution in [0.2, 0.25) is 0 Å². The molecule has 1 fully saturated rings. The molecule has 5 nitrogen and oxygen atoms in total. The molecule has 0 aromatic carbocycles. The molecule has 1 aromatic rings. The molecule has 1 aromatic heterocycles. The van der Waals surface area contributed by atoms with Crippen LogP contribution in [-0.2, 0) is 11.3 Å². The monoisotopic (exact) mass is 291 g/mol. The highest BCUT2D eigenvalue weighted by molar-refractivity contribution is 5.94. The van der Waals surface area contributed by atoms with Crippen molar-refractivity contribution in [3.63, 3.8) is 0 Å². The van der Waals surface area contributed by atoms with E-state index in [0.717, 1.165) is 18.7 Å². The molecule has 21 heavy (non-hydrogen) atoms. The van der Waals surface area contributed by atoms with Crippen LogP contribution in [-0.4, -0.2) is 30.1 Å². The molecule has 1 heterocycles. The normalized spacial score (nSPS) is 15.9. The topological polar surface area (TPSA) is 77.2 Å². The maximum absolute atomic E-state index is 12.0. The second kappa shape index (κ2) is 8.74. The summed E-state index contributed by atoms with van der Waals surface area (Å²) in [6.45, 7) is 1.69. The van der Waals surface area contributed by atoms with Gasteiger partial charge in [-0.25, -0.2) is 0 Å². The maximum atomic E-state index is 12.0. The summed E-state index contributed by atoms with van der Waals surface area (Å²) in [5, 5.41) is 2.90. The molecule has 2 rings (SSSR count). The fourth-order valence-electron chi connectivity index (χ4n) is 2.59. The molecule has 0 radical (unpaired) electrons. The Hall–Kier alpha value is -1.46. The van der Waals surface area contributed by atoms with Gasteiger partial charge < -0.3 is 15.8 Å². The van der Waals surface area contributed by atoms with Crippen LogP contribution < -0.4 is 11.1 Å². The number of nitrogens with two attached hydrogens (primary N) is 1. The Labute approximate surface area is 126 Å². The number of ether oxygens (including phenoxy) is 1. The number of hydrogen-bond acceptors (Lipinski definition) is 4. The van der Waals surface area contributed by atoms with Gasteiger partial charge in [0, 0.05) is 31.5 Å². The van der Waals surface area contributed by atoms with Crippen molar-refractivity contribution in [3.8, 4) is 0 Å². The lowest BCUT2D eigenvalue weighted by Crippen LogP contribution is -2.26. The fraction of sp³-hybridized carbons (Fsp3) is 0.625. The fourth-order valence-corrected chi connectivity index (χ4v) is 2.59. The SMILES string of the molecule is NCc1cc(C(=O)NCCCOC2CCCCC2)ccn1. The number of hydrogen-bond donors (Lipinski definition) is 2. The molecule has 1 aliphatic carbocycles. The number of nitrogens with zero attached hydrogens (tertiary/aromatic N) is 1. The largest absolute Gasteiger partial charge is 0.378 e. The minimum absolute atomic E-state index is 0.0789. The quantitative estimate of drug-likeness (QED) is 0.753. The third-order valence-corrected chi connectivity index (χ3v) is 3.80. The lowest BCUT2D eigenvalue weighted by atomic mass is 9.98. The van der Waals surface area contributed by atoms with Gasteiger partial charge in [-0.1, -0.05) is 19.3 Å². The first kappa shape index (κ1) is 15.9. The highest BCUT2D eigenvalue weighted by Gasteiger charge is 2.13. The van der Waals surface area contributed by atoms with Gasteiger partial charge in [0.25, 0.3) is 5.91 Å². The first-order valence-electron chi connectivity index (χ1n) is 7.84. The van der Waals surface area contributed by atoms with Crippen molar-refractivity contribution >= 4 is 5.91 Å². The Morgan fingerprint density at radius 2 is 2.19 bits per heavy atom. The van der Waals surface area contributed by atoms with E-state index in [-0.39, 0.29) is 5.91 Å². The lowest BCUT2D eigenvalue weighted by molar-refractivity contribution is 0.0273. The van der Waals surface area contributed by atoms with E-state index in [1.54, 1.807) is 18.3 Å². The molecule has 0 spiro atoms. The van der Waals surface area contributed by atoms with Crippen LogP contribution in [0.4, 0.5) is 0 Å². The number of nitrogens with one attached hydrogen (secondary N) is 1. The summed E-state index contributed by atoms with van der Waals surface area (Å²) >= 11 is 0. The second-order valence-electron chi connectivity index (χ2n) is 5.48. The predicted octanol–water partition coefficient (Wildman–Crippen LogP) is 2.01. The summed E-state index contributed by atoms with van der Waals surface area (Å²) < 4.78 is 5.83. The van der Waals surface area contributed by atoms with Crippen molar-refractivity contribution in [2.75, 3.05) is 13.2 Å². The summed E-state index contributed by atoms with van der Waals surface area (Å²) in [7, 11) is 0. The van der Waals surface area contributed by atoms with E-state index in [1.165, 1.54) is 32.1 Å². The molecule has 116 valence electrons. The van der Waals surface area contributed by atoms with Gasteiger partial charge in [0.2, 0.25) is 0 Å². The number of rotatable bonds is 7. The van der Waals surface area contributed by atoms with Crippen molar-refractivity contribution in [2.45, 2.75) is 51.2 Å². The van der Waals surface area contributed by atoms with E-state index in [2.05, 4.69) is 10.3 Å². The van der Waals surface area contributed by atoms with E-state index >= 15 is 0 Å². The average molecular weight is 291 g/mol. The Morgan fingerprint density at radius 1 is 1.38 bits per heavy atom. The van der Waals surface area contributed by atoms with Crippen LogP contribution in [0.1, 0.15) is 54.6 Å². The standard InChI is InChI=1S/C16H25N3O2/c17-12-14-11-13(7-9-18-14)16(20)19-8-4-10-21-15-5-2-1-3-6-15/h7,9,11,15H,1-6,8,10,12,17H2,(H,19,20). The van der Waals surface area contributed by atoms with Gasteiger partial charge >= 0.3 is 0 Å². The molecule has 3 N–H and O–H groups in total. The molecule has 0 saturated heterocycles. The number of carbonyl (C=O) groups excluding carboxylic acids is 1. The second-order valence-corrected chi connectivity index (χ2v) is 5.48. The van der Waals surface area contributed by atoms with Crippen LogP contribution in [0.15, 0.2) is 18.3 Å². The summed E-state index contributed by atoms with van der Waals surface area (Å²) in [5.74, 6) is -0.0789. The third-order valence-electron chi connectivity index (χ3n) is 3.80. The van der Waals surface area contributed by atoms with Gasteiger partial charge in [-0.3, -0.25) is 9.78 Å². The molecular formula is C16H25N3O2. The predicted molar refractivity (Wildman–Crippen MR) is 81.9 cm³/mol. The van der Waals surface area contributed by atoms with Crippen LogP contribution in [0.5, 0.6) is 0 Å². The van der Waals surface area contributed by atoms with Crippen LogP contribution >= 0.6 is 0 Å². The smallest absolute Gasteiger partial charge is 0.251 e. The molecule has 5 heteroatoms. The molecule has 1 saturated carbocycles. The van der Waals surface area contributed by atoms with Gasteiger partial charge in [0.1, 0.15) is 0 Å². The molecular weight excluding hydrogens is 266 g/mol. The lowest BCUT2D eigenvalue weighted by Gasteiger charge is -2.21. The number of aromatic nitrogens is 1. The summed E-state index contributed by atoms with van der Waals surface area (Å²) in [6, 6.07) is 3.43. The molecule has 1 amide bonds. The number of carbonyl (C=O) groups is 1. The average Bonchev–Trinajstić information content (AvgIpc) is 2.55. The Bertz CT molecular complexity index is 445. The van der Waals surface area contributed by atoms with Crippen molar-refractivity contribution in [1.29, 1.82) is 0 Å². The van der Waals surface area contributed by atoms with Gasteiger partial charge in [-0.05, 0) is 31.4 Å². The number of amides is 1. The number of pyridine rings is 1. The van der Waals surface area contributed by atoms with E-state index in [4.69, 9.17) is 10.5 Å². The van der Waals surface area contributed by atoms with Gasteiger partial charge in [-0.2, -0.15) is 0 Å². The zero-order valence-electron chi connectivity index (χ0n) is 12.5. The Morgan fingerprint density at radius 3 is 2.95 bits per heavy atom. The zero-order valence-corrected chi connectivity index (χ0v) is 12.5. The van der Waals surface area contributed by atoms with Crippen LogP contribution in [0.25, 0.3) is 0 Å². The summed E-state index contributed by atoms with van der Waals surface area (Å²) in [6.07, 6.45) is 9.17. The van der Waals surface area contributed by atoms with E-state index < -0.39 is 0 Å². The van der Waals surface area contributed by atoms with Gasteiger partial charge in [0.05, 0.1) is 11.8 Å². The highest BCUT2D eigenvalue weighted by atomic mass is 16.5. The zero-order chi connectivity index (χ0) is 14.9. The summed E-state index contributed by atoms with van der Waals surface area (Å²) in [5.41, 5.74) is 6.85.